The van der Waals surface area contributed by atoms with E-state index in [4.69, 9.17) is 0 Å². The summed E-state index contributed by atoms with van der Waals surface area (Å²) in [5.41, 5.74) is 4.71. The third-order valence-electron chi connectivity index (χ3n) is 5.59. The van der Waals surface area contributed by atoms with Gasteiger partial charge in [0.1, 0.15) is 5.03 Å². The number of nitrogens with one attached hydrogen (secondary N) is 2. The van der Waals surface area contributed by atoms with E-state index in [1.807, 2.05) is 60.8 Å². The predicted molar refractivity (Wildman–Crippen MR) is 127 cm³/mol. The summed E-state index contributed by atoms with van der Waals surface area (Å²) >= 11 is 1.47. The third kappa shape index (κ3) is 4.11. The average molecular weight is 443 g/mol. The fourth-order valence-corrected chi connectivity index (χ4v) is 4.79. The zero-order valence-electron chi connectivity index (χ0n) is 17.4. The Labute approximate surface area is 190 Å². The van der Waals surface area contributed by atoms with Crippen LogP contribution in [0.15, 0.2) is 78.1 Å². The lowest BCUT2D eigenvalue weighted by molar-refractivity contribution is -0.116. The Morgan fingerprint density at radius 1 is 1.09 bits per heavy atom. The molecule has 0 spiro atoms. The molecule has 32 heavy (non-hydrogen) atoms. The van der Waals surface area contributed by atoms with Gasteiger partial charge in [0, 0.05) is 35.4 Å². The molecule has 2 N–H and O–H groups in total. The molecule has 0 atom stereocenters. The van der Waals surface area contributed by atoms with Gasteiger partial charge >= 0.3 is 0 Å². The van der Waals surface area contributed by atoms with Crippen molar-refractivity contribution in [1.82, 2.24) is 15.3 Å². The van der Waals surface area contributed by atoms with Crippen LogP contribution in [0.3, 0.4) is 0 Å². The zero-order valence-corrected chi connectivity index (χ0v) is 18.2. The maximum Gasteiger partial charge on any atom is 0.251 e. The summed E-state index contributed by atoms with van der Waals surface area (Å²) in [6.07, 6.45) is 4.50. The second-order valence-corrected chi connectivity index (χ2v) is 8.62. The predicted octanol–water partition coefficient (Wildman–Crippen LogP) is 4.17. The number of hydrogen-bond donors (Lipinski definition) is 2. The van der Waals surface area contributed by atoms with Gasteiger partial charge in [-0.2, -0.15) is 0 Å². The van der Waals surface area contributed by atoms with Crippen LogP contribution in [0.4, 0.5) is 5.69 Å². The quantitative estimate of drug-likeness (QED) is 0.470. The highest BCUT2D eigenvalue weighted by molar-refractivity contribution is 8.00. The molecular formula is C25H22N4O2S. The molecule has 0 fully saturated rings. The lowest BCUT2D eigenvalue weighted by Crippen LogP contribution is -2.35. The minimum Gasteiger partial charge on any atom is -0.361 e. The number of benzene rings is 2. The molecule has 160 valence electrons. The highest BCUT2D eigenvalue weighted by Gasteiger charge is 2.25. The number of hydrogen-bond acceptors (Lipinski definition) is 4. The molecule has 0 radical (unpaired) electrons. The standard InChI is InChI=1S/C25H22N4O2S/c30-23-16-32-25-22(6-3-12-27-25)29(23)15-17-7-9-18(10-8-17)24(31)26-13-11-19-14-28-21-5-2-1-4-20(19)21/h1-10,12,14,28H,11,13,15-16H2,(H,26,31). The van der Waals surface area contributed by atoms with Gasteiger partial charge < -0.3 is 15.2 Å². The molecule has 2 aromatic carbocycles. The van der Waals surface area contributed by atoms with Crippen molar-refractivity contribution >= 4 is 40.2 Å². The SMILES string of the molecule is O=C(NCCc1c[nH]c2ccccc12)c1ccc(CN2C(=O)CSc3ncccc32)cc1. The van der Waals surface area contributed by atoms with Crippen molar-refractivity contribution in [1.29, 1.82) is 0 Å². The van der Waals surface area contributed by atoms with Crippen LogP contribution < -0.4 is 10.2 Å². The van der Waals surface area contributed by atoms with Crippen LogP contribution in [0.5, 0.6) is 0 Å². The molecule has 3 heterocycles. The number of nitrogens with zero attached hydrogens (tertiary/aromatic N) is 2. The van der Waals surface area contributed by atoms with Crippen molar-refractivity contribution in [2.24, 2.45) is 0 Å². The minimum absolute atomic E-state index is 0.0644. The number of fused-ring (bicyclic) bond motifs is 2. The van der Waals surface area contributed by atoms with E-state index in [9.17, 15) is 9.59 Å². The number of thioether (sulfide) groups is 1. The molecule has 0 aliphatic carbocycles. The Morgan fingerprint density at radius 3 is 2.81 bits per heavy atom. The van der Waals surface area contributed by atoms with Crippen LogP contribution in [-0.4, -0.2) is 34.1 Å². The van der Waals surface area contributed by atoms with Gasteiger partial charge in [-0.05, 0) is 47.9 Å². The number of aromatic nitrogens is 2. The van der Waals surface area contributed by atoms with Crippen LogP contribution in [0, 0.1) is 0 Å². The van der Waals surface area contributed by atoms with Gasteiger partial charge in [0.15, 0.2) is 0 Å². The van der Waals surface area contributed by atoms with Crippen LogP contribution in [0.25, 0.3) is 10.9 Å². The second-order valence-electron chi connectivity index (χ2n) is 7.66. The highest BCUT2D eigenvalue weighted by Crippen LogP contribution is 2.34. The number of pyridine rings is 1. The summed E-state index contributed by atoms with van der Waals surface area (Å²) < 4.78 is 0. The Balaban J connectivity index is 1.20. The minimum atomic E-state index is -0.101. The molecule has 2 aromatic heterocycles. The highest BCUT2D eigenvalue weighted by atomic mass is 32.2. The van der Waals surface area contributed by atoms with Gasteiger partial charge in [-0.15, -0.1) is 0 Å². The molecule has 0 saturated carbocycles. The first-order chi connectivity index (χ1) is 15.7. The molecule has 0 saturated heterocycles. The zero-order chi connectivity index (χ0) is 21.9. The third-order valence-corrected chi connectivity index (χ3v) is 6.57. The molecular weight excluding hydrogens is 420 g/mol. The van der Waals surface area contributed by atoms with E-state index in [2.05, 4.69) is 21.4 Å². The second kappa shape index (κ2) is 8.88. The summed E-state index contributed by atoms with van der Waals surface area (Å²) in [5, 5.41) is 5.06. The van der Waals surface area contributed by atoms with Crippen LogP contribution in [0.2, 0.25) is 0 Å². The van der Waals surface area contributed by atoms with Crippen molar-refractivity contribution in [3.63, 3.8) is 0 Å². The molecule has 0 unspecified atom stereocenters. The lowest BCUT2D eigenvalue weighted by Gasteiger charge is -2.28. The molecule has 5 rings (SSSR count). The number of carbonyl (C=O) groups is 2. The molecule has 2 amide bonds. The Morgan fingerprint density at radius 2 is 1.94 bits per heavy atom. The van der Waals surface area contributed by atoms with Gasteiger partial charge in [0.25, 0.3) is 5.91 Å². The topological polar surface area (TPSA) is 78.1 Å². The smallest absolute Gasteiger partial charge is 0.251 e. The average Bonchev–Trinajstić information content (AvgIpc) is 3.24. The summed E-state index contributed by atoms with van der Waals surface area (Å²) in [6.45, 7) is 1.02. The van der Waals surface area contributed by atoms with E-state index in [-0.39, 0.29) is 11.8 Å². The Hall–Kier alpha value is -3.58. The van der Waals surface area contributed by atoms with E-state index in [0.29, 0.717) is 24.4 Å². The van der Waals surface area contributed by atoms with E-state index >= 15 is 0 Å². The number of amides is 2. The summed E-state index contributed by atoms with van der Waals surface area (Å²) in [4.78, 5) is 34.4. The fourth-order valence-electron chi connectivity index (χ4n) is 3.91. The number of carbonyl (C=O) groups excluding carboxylic acids is 2. The molecule has 1 aliphatic heterocycles. The summed E-state index contributed by atoms with van der Waals surface area (Å²) in [5.74, 6) is 0.354. The number of aromatic amines is 1. The number of para-hydroxylation sites is 1. The normalized spacial score (nSPS) is 13.2. The molecule has 4 aromatic rings. The summed E-state index contributed by atoms with van der Waals surface area (Å²) in [6, 6.07) is 19.3. The Kier molecular flexibility index (Phi) is 5.64. The molecule has 1 aliphatic rings. The maximum absolute atomic E-state index is 12.6. The van der Waals surface area contributed by atoms with Gasteiger partial charge in [-0.3, -0.25) is 9.59 Å². The largest absolute Gasteiger partial charge is 0.361 e. The molecule has 7 heteroatoms. The summed E-state index contributed by atoms with van der Waals surface area (Å²) in [7, 11) is 0. The Bertz CT molecular complexity index is 1280. The van der Waals surface area contributed by atoms with Crippen molar-refractivity contribution in [3.8, 4) is 0 Å². The van der Waals surface area contributed by atoms with Crippen molar-refractivity contribution in [3.05, 3.63) is 89.7 Å². The van der Waals surface area contributed by atoms with Crippen LogP contribution in [0.1, 0.15) is 21.5 Å². The van der Waals surface area contributed by atoms with Crippen molar-refractivity contribution in [2.45, 2.75) is 18.0 Å². The van der Waals surface area contributed by atoms with E-state index in [0.717, 1.165) is 28.2 Å². The van der Waals surface area contributed by atoms with Gasteiger partial charge in [0.05, 0.1) is 18.0 Å². The molecule has 6 nitrogen and oxygen atoms in total. The molecule has 0 bridgehead atoms. The first kappa shape index (κ1) is 20.3. The van der Waals surface area contributed by atoms with Gasteiger partial charge in [-0.25, -0.2) is 4.98 Å². The van der Waals surface area contributed by atoms with Crippen LogP contribution >= 0.6 is 11.8 Å². The van der Waals surface area contributed by atoms with E-state index in [1.165, 1.54) is 22.7 Å². The maximum atomic E-state index is 12.6. The van der Waals surface area contributed by atoms with Crippen LogP contribution in [-0.2, 0) is 17.8 Å². The van der Waals surface area contributed by atoms with E-state index < -0.39 is 0 Å². The number of anilines is 1. The fraction of sp³-hybridized carbons (Fsp3) is 0.160. The number of rotatable bonds is 6. The van der Waals surface area contributed by atoms with Gasteiger partial charge in [-0.1, -0.05) is 42.1 Å². The first-order valence-corrected chi connectivity index (χ1v) is 11.5. The van der Waals surface area contributed by atoms with Crippen molar-refractivity contribution in [2.75, 3.05) is 17.2 Å². The van der Waals surface area contributed by atoms with Gasteiger partial charge in [0.2, 0.25) is 5.91 Å². The number of H-pyrrole nitrogens is 1. The first-order valence-electron chi connectivity index (χ1n) is 10.5. The lowest BCUT2D eigenvalue weighted by atomic mass is 10.1. The monoisotopic (exact) mass is 442 g/mol. The van der Waals surface area contributed by atoms with Crippen molar-refractivity contribution < 1.29 is 9.59 Å². The van der Waals surface area contributed by atoms with E-state index in [1.54, 1.807) is 11.1 Å².